The summed E-state index contributed by atoms with van der Waals surface area (Å²) in [5.41, 5.74) is -1.70. The number of piperidine rings is 1. The number of rotatable bonds is 5. The van der Waals surface area contributed by atoms with Gasteiger partial charge in [-0.15, -0.1) is 0 Å². The number of fused-ring (bicyclic) bond motifs is 1. The van der Waals surface area contributed by atoms with E-state index in [-0.39, 0.29) is 12.2 Å². The lowest BCUT2D eigenvalue weighted by Crippen LogP contribution is -2.43. The predicted molar refractivity (Wildman–Crippen MR) is 92.5 cm³/mol. The maximum absolute atomic E-state index is 14.0. The van der Waals surface area contributed by atoms with Crippen molar-refractivity contribution in [3.05, 3.63) is 46.1 Å². The molecule has 2 aliphatic rings. The Balaban J connectivity index is 1.96. The van der Waals surface area contributed by atoms with Crippen LogP contribution in [0.4, 0.5) is 22.0 Å². The van der Waals surface area contributed by atoms with Crippen molar-refractivity contribution in [1.82, 2.24) is 10.2 Å². The number of likely N-dealkylation sites (tertiary alicyclic amines) is 1. The second-order valence-corrected chi connectivity index (χ2v) is 6.81. The average molecular weight is 434 g/mol. The number of amides is 1. The fraction of sp³-hybridized carbons (Fsp3) is 0.474. The standard InChI is InChI=1S/C19H19F5N2O4/c1-3-26-6-5-8-9(7-26)30-18(10(8)19(28)29-4-2)25-17(27)11-12(20)14(22)16(24)15(23)13(11)21/h8-9H,3-7H2,1-2H3,(H,25,27). The molecule has 1 aromatic rings. The number of likely N-dealkylation sites (N-methyl/N-ethyl adjacent to an activating group) is 1. The normalized spacial score (nSPS) is 21.3. The first-order chi connectivity index (χ1) is 14.2. The van der Waals surface area contributed by atoms with Crippen LogP contribution in [0.1, 0.15) is 30.6 Å². The van der Waals surface area contributed by atoms with Crippen LogP contribution in [0.25, 0.3) is 0 Å². The number of nitrogens with zero attached hydrogens (tertiary/aromatic N) is 1. The highest BCUT2D eigenvalue weighted by Gasteiger charge is 2.45. The number of hydrogen-bond acceptors (Lipinski definition) is 5. The smallest absolute Gasteiger partial charge is 0.339 e. The second-order valence-electron chi connectivity index (χ2n) is 6.81. The lowest BCUT2D eigenvalue weighted by molar-refractivity contribution is -0.139. The Morgan fingerprint density at radius 1 is 1.07 bits per heavy atom. The van der Waals surface area contributed by atoms with Crippen molar-refractivity contribution < 1.29 is 41.0 Å². The minimum absolute atomic E-state index is 0.0275. The van der Waals surface area contributed by atoms with Crippen LogP contribution in [0.5, 0.6) is 0 Å². The number of esters is 1. The van der Waals surface area contributed by atoms with Gasteiger partial charge in [0.05, 0.1) is 6.61 Å². The van der Waals surface area contributed by atoms with Crippen molar-refractivity contribution in [2.24, 2.45) is 5.92 Å². The van der Waals surface area contributed by atoms with Gasteiger partial charge in [0.25, 0.3) is 5.91 Å². The molecule has 2 aliphatic heterocycles. The van der Waals surface area contributed by atoms with Crippen LogP contribution in [0.2, 0.25) is 0 Å². The lowest BCUT2D eigenvalue weighted by atomic mass is 9.88. The number of carbonyl (C=O) groups is 2. The van der Waals surface area contributed by atoms with Crippen LogP contribution >= 0.6 is 0 Å². The van der Waals surface area contributed by atoms with Crippen LogP contribution < -0.4 is 5.32 Å². The first-order valence-electron chi connectivity index (χ1n) is 9.34. The molecule has 2 heterocycles. The summed E-state index contributed by atoms with van der Waals surface area (Å²) in [5, 5.41) is 1.99. The van der Waals surface area contributed by atoms with Gasteiger partial charge in [-0.3, -0.25) is 15.0 Å². The lowest BCUT2D eigenvalue weighted by Gasteiger charge is -2.33. The number of ether oxygens (including phenoxy) is 2. The maximum atomic E-state index is 14.0. The van der Waals surface area contributed by atoms with Gasteiger partial charge in [-0.1, -0.05) is 6.92 Å². The van der Waals surface area contributed by atoms with Gasteiger partial charge in [-0.05, 0) is 26.4 Å². The highest BCUT2D eigenvalue weighted by Crippen LogP contribution is 2.37. The molecule has 0 radical (unpaired) electrons. The molecular formula is C19H19F5N2O4. The Kier molecular flexibility index (Phi) is 6.30. The molecule has 0 spiro atoms. The molecule has 1 N–H and O–H groups in total. The quantitative estimate of drug-likeness (QED) is 0.334. The Labute approximate surface area is 168 Å². The molecule has 0 bridgehead atoms. The number of carbonyl (C=O) groups excluding carboxylic acids is 2. The minimum atomic E-state index is -2.38. The van der Waals surface area contributed by atoms with E-state index in [2.05, 4.69) is 0 Å². The summed E-state index contributed by atoms with van der Waals surface area (Å²) in [6, 6.07) is 0. The summed E-state index contributed by atoms with van der Waals surface area (Å²) >= 11 is 0. The summed E-state index contributed by atoms with van der Waals surface area (Å²) in [7, 11) is 0. The van der Waals surface area contributed by atoms with E-state index >= 15 is 0 Å². The van der Waals surface area contributed by atoms with Crippen molar-refractivity contribution in [3.63, 3.8) is 0 Å². The number of halogens is 5. The van der Waals surface area contributed by atoms with Crippen LogP contribution in [-0.4, -0.2) is 49.1 Å². The van der Waals surface area contributed by atoms with Gasteiger partial charge in [-0.2, -0.15) is 0 Å². The van der Waals surface area contributed by atoms with Gasteiger partial charge >= 0.3 is 5.97 Å². The van der Waals surface area contributed by atoms with E-state index in [0.717, 1.165) is 0 Å². The van der Waals surface area contributed by atoms with E-state index < -0.39 is 64.4 Å². The van der Waals surface area contributed by atoms with Gasteiger partial charge in [-0.25, -0.2) is 26.7 Å². The zero-order chi connectivity index (χ0) is 22.2. The molecule has 30 heavy (non-hydrogen) atoms. The van der Waals surface area contributed by atoms with Crippen molar-refractivity contribution in [2.45, 2.75) is 26.4 Å². The van der Waals surface area contributed by atoms with E-state index in [1.807, 2.05) is 17.1 Å². The second kappa shape index (κ2) is 8.58. The van der Waals surface area contributed by atoms with Gasteiger partial charge in [0.15, 0.2) is 23.3 Å². The van der Waals surface area contributed by atoms with E-state index in [9.17, 15) is 31.5 Å². The first kappa shape index (κ1) is 22.0. The molecule has 2 atom stereocenters. The van der Waals surface area contributed by atoms with Crippen LogP contribution in [-0.2, 0) is 14.3 Å². The molecular weight excluding hydrogens is 415 g/mol. The molecule has 1 amide bonds. The molecule has 164 valence electrons. The molecule has 1 fully saturated rings. The molecule has 11 heteroatoms. The summed E-state index contributed by atoms with van der Waals surface area (Å²) < 4.78 is 78.7. The monoisotopic (exact) mass is 434 g/mol. The van der Waals surface area contributed by atoms with Gasteiger partial charge in [0.1, 0.15) is 17.2 Å². The van der Waals surface area contributed by atoms with Gasteiger partial charge in [0.2, 0.25) is 11.7 Å². The third-order valence-electron chi connectivity index (χ3n) is 5.13. The van der Waals surface area contributed by atoms with E-state index in [1.54, 1.807) is 6.92 Å². The SMILES string of the molecule is CCOC(=O)C1=C(NC(=O)c2c(F)c(F)c(F)c(F)c2F)OC2CN(CC)CCC12. The number of nitrogens with one attached hydrogen (secondary N) is 1. The summed E-state index contributed by atoms with van der Waals surface area (Å²) in [6.07, 6.45) is -0.0426. The van der Waals surface area contributed by atoms with Crippen molar-refractivity contribution in [1.29, 1.82) is 0 Å². The highest BCUT2D eigenvalue weighted by atomic mass is 19.2. The van der Waals surface area contributed by atoms with Crippen LogP contribution in [0.15, 0.2) is 11.5 Å². The fourth-order valence-electron chi connectivity index (χ4n) is 3.62. The molecule has 0 aromatic heterocycles. The molecule has 3 rings (SSSR count). The Hall–Kier alpha value is -2.69. The maximum Gasteiger partial charge on any atom is 0.339 e. The largest absolute Gasteiger partial charge is 0.473 e. The molecule has 2 unspecified atom stereocenters. The molecule has 6 nitrogen and oxygen atoms in total. The first-order valence-corrected chi connectivity index (χ1v) is 9.34. The molecule has 1 saturated heterocycles. The van der Waals surface area contributed by atoms with Crippen LogP contribution in [0.3, 0.4) is 0 Å². The van der Waals surface area contributed by atoms with Crippen molar-refractivity contribution in [2.75, 3.05) is 26.2 Å². The van der Waals surface area contributed by atoms with Gasteiger partial charge < -0.3 is 9.47 Å². The minimum Gasteiger partial charge on any atom is -0.473 e. The van der Waals surface area contributed by atoms with Gasteiger partial charge in [0, 0.05) is 12.5 Å². The molecule has 0 saturated carbocycles. The zero-order valence-electron chi connectivity index (χ0n) is 16.2. The third kappa shape index (κ3) is 3.73. The highest BCUT2D eigenvalue weighted by molar-refractivity contribution is 5.97. The predicted octanol–water partition coefficient (Wildman–Crippen LogP) is 2.63. The molecule has 1 aromatic carbocycles. The van der Waals surface area contributed by atoms with Crippen molar-refractivity contribution in [3.8, 4) is 0 Å². The Morgan fingerprint density at radius 3 is 2.23 bits per heavy atom. The third-order valence-corrected chi connectivity index (χ3v) is 5.13. The number of benzene rings is 1. The van der Waals surface area contributed by atoms with Crippen LogP contribution in [0, 0.1) is 35.0 Å². The van der Waals surface area contributed by atoms with Crippen molar-refractivity contribution >= 4 is 11.9 Å². The Bertz CT molecular complexity index is 892. The zero-order valence-corrected chi connectivity index (χ0v) is 16.2. The van der Waals surface area contributed by atoms with E-state index in [1.165, 1.54) is 0 Å². The van der Waals surface area contributed by atoms with E-state index in [4.69, 9.17) is 9.47 Å². The summed E-state index contributed by atoms with van der Waals surface area (Å²) in [5.74, 6) is -14.7. The topological polar surface area (TPSA) is 67.9 Å². The summed E-state index contributed by atoms with van der Waals surface area (Å²) in [6.45, 7) is 5.31. The average Bonchev–Trinajstić information content (AvgIpc) is 3.07. The summed E-state index contributed by atoms with van der Waals surface area (Å²) in [4.78, 5) is 26.9. The molecule has 0 aliphatic carbocycles. The number of hydrogen-bond donors (Lipinski definition) is 1. The fourth-order valence-corrected chi connectivity index (χ4v) is 3.62. The van der Waals surface area contributed by atoms with E-state index in [0.29, 0.717) is 26.1 Å². The Morgan fingerprint density at radius 2 is 1.67 bits per heavy atom.